The van der Waals surface area contributed by atoms with Crippen LogP contribution in [-0.2, 0) is 6.42 Å². The molecule has 1 N–H and O–H groups in total. The van der Waals surface area contributed by atoms with Crippen molar-refractivity contribution in [3.8, 4) is 17.2 Å². The molecule has 1 atom stereocenters. The van der Waals surface area contributed by atoms with Gasteiger partial charge in [-0.3, -0.25) is 14.6 Å². The van der Waals surface area contributed by atoms with Crippen molar-refractivity contribution >= 4 is 5.78 Å². The molecule has 0 aromatic heterocycles. The van der Waals surface area contributed by atoms with Crippen LogP contribution in [0, 0.1) is 0 Å². The van der Waals surface area contributed by atoms with Gasteiger partial charge in [-0.1, -0.05) is 91.0 Å². The molecule has 5 rings (SSSR count). The number of ketones is 1. The molecule has 7 heteroatoms. The fourth-order valence-electron chi connectivity index (χ4n) is 5.86. The van der Waals surface area contributed by atoms with Gasteiger partial charge in [-0.05, 0) is 29.2 Å². The molecule has 0 radical (unpaired) electrons. The third-order valence-electron chi connectivity index (χ3n) is 8.17. The summed E-state index contributed by atoms with van der Waals surface area (Å²) in [6, 6.07) is 34.7. The molecular weight excluding hydrogens is 552 g/mol. The predicted molar refractivity (Wildman–Crippen MR) is 173 cm³/mol. The van der Waals surface area contributed by atoms with E-state index in [1.807, 2.05) is 30.3 Å². The highest BCUT2D eigenvalue weighted by Crippen LogP contribution is 2.36. The molecule has 1 aliphatic heterocycles. The van der Waals surface area contributed by atoms with Crippen LogP contribution >= 0.6 is 0 Å². The van der Waals surface area contributed by atoms with E-state index in [0.29, 0.717) is 42.2 Å². The van der Waals surface area contributed by atoms with Crippen molar-refractivity contribution in [1.29, 1.82) is 0 Å². The number of rotatable bonds is 14. The second kappa shape index (κ2) is 15.5. The minimum Gasteiger partial charge on any atom is -0.493 e. The number of carbonyl (C=O) groups excluding carboxylic acids is 1. The molecule has 0 bridgehead atoms. The molecule has 0 amide bonds. The number of benzene rings is 4. The van der Waals surface area contributed by atoms with Gasteiger partial charge in [0.1, 0.15) is 18.5 Å². The van der Waals surface area contributed by atoms with Gasteiger partial charge in [0.05, 0.1) is 25.8 Å². The average molecular weight is 595 g/mol. The van der Waals surface area contributed by atoms with E-state index in [0.717, 1.165) is 31.7 Å². The molecule has 1 heterocycles. The molecule has 4 aromatic carbocycles. The summed E-state index contributed by atoms with van der Waals surface area (Å²) in [7, 11) is 3.09. The van der Waals surface area contributed by atoms with Gasteiger partial charge in [-0.25, -0.2) is 0 Å². The third-order valence-corrected chi connectivity index (χ3v) is 8.17. The molecule has 1 unspecified atom stereocenters. The van der Waals surface area contributed by atoms with Gasteiger partial charge in [-0.15, -0.1) is 0 Å². The largest absolute Gasteiger partial charge is 0.493 e. The van der Waals surface area contributed by atoms with Crippen LogP contribution in [0.4, 0.5) is 0 Å². The number of ether oxygens (including phenoxy) is 3. The molecule has 1 saturated heterocycles. The highest BCUT2D eigenvalue weighted by atomic mass is 16.5. The van der Waals surface area contributed by atoms with Crippen LogP contribution in [0.2, 0.25) is 0 Å². The number of piperazine rings is 1. The molecule has 1 aliphatic rings. The maximum Gasteiger partial charge on any atom is 0.167 e. The summed E-state index contributed by atoms with van der Waals surface area (Å²) in [5.74, 6) is 1.27. The fourth-order valence-corrected chi connectivity index (χ4v) is 5.86. The minimum absolute atomic E-state index is 0.0539. The second-order valence-corrected chi connectivity index (χ2v) is 11.1. The van der Waals surface area contributed by atoms with Crippen LogP contribution in [0.5, 0.6) is 17.2 Å². The number of β-amino-alcohol motifs (C(OH)–C–C–N with tert-alkyl or cyclic N) is 1. The van der Waals surface area contributed by atoms with Gasteiger partial charge in [0, 0.05) is 45.2 Å². The van der Waals surface area contributed by atoms with Crippen molar-refractivity contribution in [3.05, 3.63) is 125 Å². The van der Waals surface area contributed by atoms with Crippen molar-refractivity contribution < 1.29 is 24.1 Å². The monoisotopic (exact) mass is 594 g/mol. The molecule has 4 aromatic rings. The summed E-state index contributed by atoms with van der Waals surface area (Å²) in [4.78, 5) is 18.1. The first-order chi connectivity index (χ1) is 21.6. The highest BCUT2D eigenvalue weighted by Gasteiger charge is 2.27. The number of hydrogen-bond donors (Lipinski definition) is 1. The van der Waals surface area contributed by atoms with Gasteiger partial charge in [0.2, 0.25) is 0 Å². The topological polar surface area (TPSA) is 71.5 Å². The lowest BCUT2D eigenvalue weighted by atomic mass is 9.96. The van der Waals surface area contributed by atoms with Crippen molar-refractivity contribution in [2.24, 2.45) is 0 Å². The Morgan fingerprint density at radius 1 is 0.750 bits per heavy atom. The molecule has 0 spiro atoms. The summed E-state index contributed by atoms with van der Waals surface area (Å²) >= 11 is 0. The number of hydrogen-bond acceptors (Lipinski definition) is 7. The summed E-state index contributed by atoms with van der Waals surface area (Å²) < 4.78 is 17.0. The maximum absolute atomic E-state index is 13.3. The van der Waals surface area contributed by atoms with Crippen molar-refractivity contribution in [2.75, 3.05) is 53.6 Å². The summed E-state index contributed by atoms with van der Waals surface area (Å²) in [5, 5.41) is 11.0. The third kappa shape index (κ3) is 8.05. The molecular formula is C37H42N2O5. The Morgan fingerprint density at radius 2 is 1.30 bits per heavy atom. The fraction of sp³-hybridized carbons (Fsp3) is 0.324. The van der Waals surface area contributed by atoms with E-state index in [2.05, 4.69) is 70.5 Å². The van der Waals surface area contributed by atoms with Gasteiger partial charge in [-0.2, -0.15) is 0 Å². The molecule has 0 saturated carbocycles. The van der Waals surface area contributed by atoms with E-state index < -0.39 is 6.10 Å². The van der Waals surface area contributed by atoms with Gasteiger partial charge >= 0.3 is 0 Å². The number of aliphatic hydroxyl groups is 1. The molecule has 44 heavy (non-hydrogen) atoms. The Balaban J connectivity index is 1.19. The van der Waals surface area contributed by atoms with Crippen molar-refractivity contribution in [2.45, 2.75) is 25.0 Å². The first-order valence-electron chi connectivity index (χ1n) is 15.3. The second-order valence-electron chi connectivity index (χ2n) is 11.1. The lowest BCUT2D eigenvalue weighted by Gasteiger charge is -2.40. The van der Waals surface area contributed by atoms with E-state index >= 15 is 0 Å². The number of methoxy groups -OCH3 is 2. The Labute approximate surface area is 260 Å². The molecule has 1 fully saturated rings. The van der Waals surface area contributed by atoms with E-state index in [-0.39, 0.29) is 18.4 Å². The van der Waals surface area contributed by atoms with Crippen LogP contribution in [0.15, 0.2) is 103 Å². The van der Waals surface area contributed by atoms with E-state index in [4.69, 9.17) is 14.2 Å². The Morgan fingerprint density at radius 3 is 1.86 bits per heavy atom. The Hall–Kier alpha value is -4.17. The highest BCUT2D eigenvalue weighted by molar-refractivity contribution is 5.99. The first kappa shape index (κ1) is 31.3. The van der Waals surface area contributed by atoms with Crippen LogP contribution in [-0.4, -0.2) is 80.3 Å². The Bertz CT molecular complexity index is 1420. The van der Waals surface area contributed by atoms with Crippen LogP contribution in [0.3, 0.4) is 0 Å². The van der Waals surface area contributed by atoms with Crippen LogP contribution < -0.4 is 14.2 Å². The molecule has 0 aliphatic carbocycles. The number of Topliss-reactive ketones (excluding diaryl/α,β-unsaturated/α-hetero) is 1. The smallest absolute Gasteiger partial charge is 0.167 e. The number of aryl methyl sites for hydroxylation is 1. The lowest BCUT2D eigenvalue weighted by molar-refractivity contribution is 0.0397. The van der Waals surface area contributed by atoms with Gasteiger partial charge in [0.15, 0.2) is 17.3 Å². The zero-order valence-corrected chi connectivity index (χ0v) is 25.6. The zero-order chi connectivity index (χ0) is 30.7. The summed E-state index contributed by atoms with van der Waals surface area (Å²) in [6.07, 6.45) is 0.230. The van der Waals surface area contributed by atoms with Crippen molar-refractivity contribution in [1.82, 2.24) is 9.80 Å². The van der Waals surface area contributed by atoms with E-state index in [1.54, 1.807) is 26.4 Å². The maximum atomic E-state index is 13.3. The minimum atomic E-state index is -0.721. The van der Waals surface area contributed by atoms with Gasteiger partial charge < -0.3 is 19.3 Å². The number of carbonyl (C=O) groups is 1. The van der Waals surface area contributed by atoms with Gasteiger partial charge in [0.25, 0.3) is 0 Å². The van der Waals surface area contributed by atoms with E-state index in [1.165, 1.54) is 11.1 Å². The SMILES string of the molecule is COc1cc(OCC(O)CN2CCN(C(c3ccccc3)c3ccccc3)CC2)c(C(=O)CCc2ccccc2)cc1OC. The normalized spacial score (nSPS) is 14.7. The molecule has 7 nitrogen and oxygen atoms in total. The zero-order valence-electron chi connectivity index (χ0n) is 25.6. The standard InChI is InChI=1S/C37H42N2O5/c1-42-35-24-32(33(41)19-18-28-12-6-3-7-13-28)34(25-36(35)43-2)44-27-31(40)26-38-20-22-39(23-21-38)37(29-14-8-4-9-15-29)30-16-10-5-11-17-30/h3-17,24-25,31,37,40H,18-23,26-27H2,1-2H3. The first-order valence-corrected chi connectivity index (χ1v) is 15.3. The summed E-state index contributed by atoms with van der Waals surface area (Å²) in [6.45, 7) is 4.00. The predicted octanol–water partition coefficient (Wildman–Crippen LogP) is 5.67. The van der Waals surface area contributed by atoms with Crippen LogP contribution in [0.25, 0.3) is 0 Å². The number of aliphatic hydroxyl groups excluding tert-OH is 1. The van der Waals surface area contributed by atoms with Crippen LogP contribution in [0.1, 0.15) is 39.5 Å². The van der Waals surface area contributed by atoms with Crippen molar-refractivity contribution in [3.63, 3.8) is 0 Å². The lowest BCUT2D eigenvalue weighted by Crippen LogP contribution is -2.50. The summed E-state index contributed by atoms with van der Waals surface area (Å²) in [5.41, 5.74) is 4.08. The Kier molecular flexibility index (Phi) is 11.0. The quantitative estimate of drug-likeness (QED) is 0.189. The average Bonchev–Trinajstić information content (AvgIpc) is 3.08. The number of nitrogens with zero attached hydrogens (tertiary/aromatic N) is 2. The molecule has 230 valence electrons. The van der Waals surface area contributed by atoms with E-state index in [9.17, 15) is 9.90 Å².